The fraction of sp³-hybridized carbons (Fsp3) is 0.0588. The van der Waals surface area contributed by atoms with Crippen LogP contribution in [-0.2, 0) is 0 Å². The van der Waals surface area contributed by atoms with Crippen LogP contribution in [-0.4, -0.2) is 22.3 Å². The van der Waals surface area contributed by atoms with Gasteiger partial charge < -0.3 is 11.1 Å². The van der Waals surface area contributed by atoms with Crippen LogP contribution in [0, 0.1) is 0 Å². The Morgan fingerprint density at radius 3 is 2.91 bits per heavy atom. The summed E-state index contributed by atoms with van der Waals surface area (Å²) in [5.41, 5.74) is 9.88. The van der Waals surface area contributed by atoms with Gasteiger partial charge in [0.1, 0.15) is 0 Å². The lowest BCUT2D eigenvalue weighted by Crippen LogP contribution is -2.18. The van der Waals surface area contributed by atoms with Crippen molar-refractivity contribution in [2.24, 2.45) is 0 Å². The van der Waals surface area contributed by atoms with Crippen molar-refractivity contribution in [1.82, 2.24) is 14.7 Å². The highest BCUT2D eigenvalue weighted by Crippen LogP contribution is 2.31. The highest BCUT2D eigenvalue weighted by Gasteiger charge is 2.15. The number of carbonyl (C=O) groups is 1. The number of benzene rings is 2. The van der Waals surface area contributed by atoms with Gasteiger partial charge in [-0.1, -0.05) is 29.5 Å². The molecule has 2 heterocycles. The maximum Gasteiger partial charge on any atom is 0.251 e. The van der Waals surface area contributed by atoms with Gasteiger partial charge in [0.25, 0.3) is 5.91 Å². The summed E-state index contributed by atoms with van der Waals surface area (Å²) < 4.78 is 3.13. The smallest absolute Gasteiger partial charge is 0.251 e. The van der Waals surface area contributed by atoms with E-state index in [1.807, 2.05) is 47.0 Å². The molecule has 2 aromatic carbocycles. The largest absolute Gasteiger partial charge is 0.399 e. The molecule has 4 rings (SSSR count). The van der Waals surface area contributed by atoms with Gasteiger partial charge in [0, 0.05) is 30.1 Å². The van der Waals surface area contributed by atoms with Crippen molar-refractivity contribution in [2.75, 3.05) is 12.8 Å². The summed E-state index contributed by atoms with van der Waals surface area (Å²) in [4.78, 5) is 17.6. The Labute approximate surface area is 136 Å². The molecule has 0 saturated carbocycles. The third-order valence-electron chi connectivity index (χ3n) is 3.79. The Bertz CT molecular complexity index is 1050. The molecule has 0 spiro atoms. The van der Waals surface area contributed by atoms with Crippen LogP contribution in [0.25, 0.3) is 26.4 Å². The molecule has 0 radical (unpaired) electrons. The normalized spacial score (nSPS) is 11.2. The lowest BCUT2D eigenvalue weighted by atomic mass is 10.0. The van der Waals surface area contributed by atoms with E-state index in [4.69, 9.17) is 5.73 Å². The average Bonchev–Trinajstić information content (AvgIpc) is 3.11. The second kappa shape index (κ2) is 5.10. The molecule has 6 heteroatoms. The molecule has 0 bridgehead atoms. The summed E-state index contributed by atoms with van der Waals surface area (Å²) in [7, 11) is 1.63. The lowest BCUT2D eigenvalue weighted by Gasteiger charge is -2.05. The minimum atomic E-state index is -0.116. The molecule has 114 valence electrons. The number of hydrogen-bond donors (Lipinski definition) is 2. The van der Waals surface area contributed by atoms with E-state index in [0.717, 1.165) is 32.1 Å². The van der Waals surface area contributed by atoms with Crippen LogP contribution in [0.15, 0.2) is 48.7 Å². The van der Waals surface area contributed by atoms with Gasteiger partial charge in [-0.25, -0.2) is 4.98 Å². The van der Waals surface area contributed by atoms with Crippen molar-refractivity contribution in [2.45, 2.75) is 0 Å². The molecular formula is C17H14N4OS. The number of nitrogens with two attached hydrogens (primary N) is 1. The van der Waals surface area contributed by atoms with Gasteiger partial charge in [0.2, 0.25) is 0 Å². The number of nitrogens with one attached hydrogen (secondary N) is 1. The van der Waals surface area contributed by atoms with Crippen molar-refractivity contribution in [1.29, 1.82) is 0 Å². The van der Waals surface area contributed by atoms with Crippen LogP contribution in [0.2, 0.25) is 0 Å². The molecule has 0 aliphatic rings. The van der Waals surface area contributed by atoms with Gasteiger partial charge in [-0.15, -0.1) is 0 Å². The zero-order valence-corrected chi connectivity index (χ0v) is 13.2. The van der Waals surface area contributed by atoms with E-state index in [1.54, 1.807) is 24.5 Å². The van der Waals surface area contributed by atoms with Gasteiger partial charge in [0.05, 0.1) is 15.9 Å². The highest BCUT2D eigenvalue weighted by molar-refractivity contribution is 7.23. The lowest BCUT2D eigenvalue weighted by molar-refractivity contribution is 0.0963. The Morgan fingerprint density at radius 2 is 2.09 bits per heavy atom. The first kappa shape index (κ1) is 13.8. The number of nitrogens with zero attached hydrogens (tertiary/aromatic N) is 2. The maximum atomic E-state index is 12.1. The predicted molar refractivity (Wildman–Crippen MR) is 93.8 cm³/mol. The molecule has 0 aliphatic carbocycles. The molecule has 0 aliphatic heterocycles. The van der Waals surface area contributed by atoms with Crippen LogP contribution in [0.5, 0.6) is 0 Å². The summed E-state index contributed by atoms with van der Waals surface area (Å²) >= 11 is 1.58. The van der Waals surface area contributed by atoms with Crippen LogP contribution in [0.3, 0.4) is 0 Å². The van der Waals surface area contributed by atoms with E-state index in [1.165, 1.54) is 0 Å². The molecule has 5 nitrogen and oxygen atoms in total. The number of imidazole rings is 1. The molecule has 3 N–H and O–H groups in total. The molecule has 2 aromatic heterocycles. The van der Waals surface area contributed by atoms with E-state index >= 15 is 0 Å². The first-order valence-electron chi connectivity index (χ1n) is 7.16. The van der Waals surface area contributed by atoms with Crippen LogP contribution >= 0.6 is 11.3 Å². The third kappa shape index (κ3) is 2.15. The van der Waals surface area contributed by atoms with E-state index in [0.29, 0.717) is 5.56 Å². The Morgan fingerprint density at radius 1 is 1.26 bits per heavy atom. The number of carbonyl (C=O) groups excluding carboxylic acids is 1. The molecule has 0 fully saturated rings. The molecule has 0 unspecified atom stereocenters. The van der Waals surface area contributed by atoms with Crippen LogP contribution < -0.4 is 11.1 Å². The minimum Gasteiger partial charge on any atom is -0.399 e. The number of nitrogen functional groups attached to an aromatic ring is 1. The predicted octanol–water partition coefficient (Wildman–Crippen LogP) is 3.16. The summed E-state index contributed by atoms with van der Waals surface area (Å²) in [5.74, 6) is -0.116. The monoisotopic (exact) mass is 322 g/mol. The van der Waals surface area contributed by atoms with Crippen molar-refractivity contribution >= 4 is 38.1 Å². The number of fused-ring (bicyclic) bond motifs is 3. The average molecular weight is 322 g/mol. The fourth-order valence-electron chi connectivity index (χ4n) is 2.69. The number of hydrogen-bond acceptors (Lipinski definition) is 4. The Balaban J connectivity index is 1.92. The number of rotatable bonds is 2. The van der Waals surface area contributed by atoms with E-state index in [-0.39, 0.29) is 5.91 Å². The van der Waals surface area contributed by atoms with Crippen LogP contribution in [0.1, 0.15) is 10.4 Å². The third-order valence-corrected chi connectivity index (χ3v) is 4.81. The fourth-order valence-corrected chi connectivity index (χ4v) is 3.74. The van der Waals surface area contributed by atoms with Crippen molar-refractivity contribution in [3.8, 4) is 11.3 Å². The molecule has 1 amide bonds. The van der Waals surface area contributed by atoms with Crippen LogP contribution in [0.4, 0.5) is 5.69 Å². The van der Waals surface area contributed by atoms with Gasteiger partial charge in [-0.05, 0) is 24.3 Å². The van der Waals surface area contributed by atoms with Gasteiger partial charge in [-0.2, -0.15) is 0 Å². The molecule has 0 atom stereocenters. The van der Waals surface area contributed by atoms with E-state index in [2.05, 4.69) is 10.3 Å². The van der Waals surface area contributed by atoms with Crippen molar-refractivity contribution in [3.63, 3.8) is 0 Å². The summed E-state index contributed by atoms with van der Waals surface area (Å²) in [6.45, 7) is 0. The van der Waals surface area contributed by atoms with Crippen molar-refractivity contribution in [3.05, 3.63) is 54.2 Å². The van der Waals surface area contributed by atoms with E-state index in [9.17, 15) is 4.79 Å². The SMILES string of the molecule is CNC(=O)c1ccccc1-c1cn2c(n1)sc1cc(N)ccc12. The second-order valence-corrected chi connectivity index (χ2v) is 6.24. The summed E-state index contributed by atoms with van der Waals surface area (Å²) in [6, 6.07) is 13.3. The van der Waals surface area contributed by atoms with E-state index < -0.39 is 0 Å². The zero-order valence-electron chi connectivity index (χ0n) is 12.4. The quantitative estimate of drug-likeness (QED) is 0.557. The van der Waals surface area contributed by atoms with Gasteiger partial charge >= 0.3 is 0 Å². The number of aromatic nitrogens is 2. The standard InChI is InChI=1S/C17H14N4OS/c1-19-16(22)12-5-3-2-4-11(12)13-9-21-14-7-6-10(18)8-15(14)23-17(21)20-13/h2-9H,18H2,1H3,(H,19,22). The first-order chi connectivity index (χ1) is 11.2. The topological polar surface area (TPSA) is 72.4 Å². The van der Waals surface area contributed by atoms with Gasteiger partial charge in [-0.3, -0.25) is 9.20 Å². The molecule has 0 saturated heterocycles. The molecular weight excluding hydrogens is 308 g/mol. The highest BCUT2D eigenvalue weighted by atomic mass is 32.1. The number of anilines is 1. The minimum absolute atomic E-state index is 0.116. The number of amides is 1. The second-order valence-electron chi connectivity index (χ2n) is 5.23. The summed E-state index contributed by atoms with van der Waals surface area (Å²) in [6.07, 6.45) is 1.96. The van der Waals surface area contributed by atoms with Crippen molar-refractivity contribution < 1.29 is 4.79 Å². The van der Waals surface area contributed by atoms with Gasteiger partial charge in [0.15, 0.2) is 4.96 Å². The summed E-state index contributed by atoms with van der Waals surface area (Å²) in [5, 5.41) is 2.67. The Hall–Kier alpha value is -2.86. The number of thiazole rings is 1. The molecule has 23 heavy (non-hydrogen) atoms. The molecule has 4 aromatic rings. The Kier molecular flexibility index (Phi) is 3.06. The zero-order chi connectivity index (χ0) is 16.0. The maximum absolute atomic E-state index is 12.1. The first-order valence-corrected chi connectivity index (χ1v) is 7.97.